The molecule has 17 heavy (non-hydrogen) atoms. The van der Waals surface area contributed by atoms with E-state index in [0.717, 1.165) is 22.1 Å². The molecule has 90 valence electrons. The van der Waals surface area contributed by atoms with Crippen molar-refractivity contribution < 1.29 is 4.79 Å². The Morgan fingerprint density at radius 1 is 1.59 bits per heavy atom. The molecule has 5 N–H and O–H groups in total. The maximum absolute atomic E-state index is 11.2. The van der Waals surface area contributed by atoms with Crippen LogP contribution in [0.5, 0.6) is 0 Å². The quantitative estimate of drug-likeness (QED) is 0.773. The highest BCUT2D eigenvalue weighted by Gasteiger charge is 2.16. The van der Waals surface area contributed by atoms with Crippen molar-refractivity contribution in [2.75, 3.05) is 11.1 Å². The number of hydrogen-bond donors (Lipinski definition) is 3. The molecule has 0 atom stereocenters. The Balaban J connectivity index is 2.15. The van der Waals surface area contributed by atoms with Gasteiger partial charge < -0.3 is 16.8 Å². The second-order valence-corrected chi connectivity index (χ2v) is 5.06. The number of nitrogens with zero attached hydrogens (tertiary/aromatic N) is 2. The molecule has 2 aromatic heterocycles. The highest BCUT2D eigenvalue weighted by atomic mass is 32.1. The Kier molecular flexibility index (Phi) is 3.25. The standard InChI is InChI=1S/C9H11N5OS2/c1-4-5(16-3-13-4)2-12-9-6(8(11)15)7(10)14-17-9/h3,12H,2H2,1H3,(H2,10,14)(H2,11,15). The Labute approximate surface area is 106 Å². The molecule has 0 bridgehead atoms. The number of anilines is 2. The summed E-state index contributed by atoms with van der Waals surface area (Å²) in [7, 11) is 0. The SMILES string of the molecule is Cc1ncsc1CNc1snc(N)c1C(N)=O. The maximum Gasteiger partial charge on any atom is 0.255 e. The lowest BCUT2D eigenvalue weighted by Crippen LogP contribution is -2.14. The minimum Gasteiger partial charge on any atom is -0.382 e. The number of carbonyl (C=O) groups is 1. The smallest absolute Gasteiger partial charge is 0.255 e. The fourth-order valence-electron chi connectivity index (χ4n) is 1.32. The summed E-state index contributed by atoms with van der Waals surface area (Å²) in [4.78, 5) is 16.4. The van der Waals surface area contributed by atoms with Crippen LogP contribution >= 0.6 is 22.9 Å². The molecule has 0 unspecified atom stereocenters. The van der Waals surface area contributed by atoms with Crippen LogP contribution in [-0.2, 0) is 6.54 Å². The van der Waals surface area contributed by atoms with Crippen molar-refractivity contribution in [3.05, 3.63) is 21.6 Å². The monoisotopic (exact) mass is 269 g/mol. The van der Waals surface area contributed by atoms with Crippen LogP contribution in [0.2, 0.25) is 0 Å². The van der Waals surface area contributed by atoms with Gasteiger partial charge in [-0.1, -0.05) is 0 Å². The zero-order valence-corrected chi connectivity index (χ0v) is 10.7. The summed E-state index contributed by atoms with van der Waals surface area (Å²) in [6, 6.07) is 0. The molecule has 0 radical (unpaired) electrons. The van der Waals surface area contributed by atoms with E-state index >= 15 is 0 Å². The van der Waals surface area contributed by atoms with Crippen molar-refractivity contribution in [2.24, 2.45) is 5.73 Å². The van der Waals surface area contributed by atoms with Crippen molar-refractivity contribution in [3.63, 3.8) is 0 Å². The first-order valence-corrected chi connectivity index (χ1v) is 6.42. The number of nitrogen functional groups attached to an aromatic ring is 1. The van der Waals surface area contributed by atoms with Crippen LogP contribution in [0.25, 0.3) is 0 Å². The van der Waals surface area contributed by atoms with Crippen LogP contribution in [0.15, 0.2) is 5.51 Å². The highest BCUT2D eigenvalue weighted by Crippen LogP contribution is 2.27. The molecule has 1 amide bonds. The zero-order valence-electron chi connectivity index (χ0n) is 9.06. The summed E-state index contributed by atoms with van der Waals surface area (Å²) in [5, 5.41) is 3.70. The molecular formula is C9H11N5OS2. The van der Waals surface area contributed by atoms with E-state index in [1.165, 1.54) is 0 Å². The van der Waals surface area contributed by atoms with Crippen LogP contribution in [0.4, 0.5) is 10.8 Å². The number of amides is 1. The van der Waals surface area contributed by atoms with Gasteiger partial charge in [-0.2, -0.15) is 4.37 Å². The number of hydrogen-bond acceptors (Lipinski definition) is 7. The fourth-order valence-corrected chi connectivity index (χ4v) is 2.75. The predicted octanol–water partition coefficient (Wildman–Crippen LogP) is 1.20. The van der Waals surface area contributed by atoms with Gasteiger partial charge in [0.25, 0.3) is 5.91 Å². The van der Waals surface area contributed by atoms with Crippen LogP contribution in [0.3, 0.4) is 0 Å². The molecule has 2 heterocycles. The van der Waals surface area contributed by atoms with Gasteiger partial charge in [0.05, 0.1) is 17.7 Å². The first-order valence-electron chi connectivity index (χ1n) is 4.77. The average molecular weight is 269 g/mol. The topological polar surface area (TPSA) is 107 Å². The number of primary amides is 1. The van der Waals surface area contributed by atoms with Gasteiger partial charge in [-0.3, -0.25) is 4.79 Å². The minimum atomic E-state index is -0.570. The minimum absolute atomic E-state index is 0.172. The lowest BCUT2D eigenvalue weighted by atomic mass is 10.3. The normalized spacial score (nSPS) is 10.4. The van der Waals surface area contributed by atoms with Crippen molar-refractivity contribution in [1.29, 1.82) is 0 Å². The van der Waals surface area contributed by atoms with E-state index in [1.54, 1.807) is 16.8 Å². The second kappa shape index (κ2) is 4.68. The van der Waals surface area contributed by atoms with E-state index in [0.29, 0.717) is 11.5 Å². The van der Waals surface area contributed by atoms with E-state index < -0.39 is 5.91 Å². The van der Waals surface area contributed by atoms with Gasteiger partial charge in [-0.15, -0.1) is 11.3 Å². The number of thiazole rings is 1. The highest BCUT2D eigenvalue weighted by molar-refractivity contribution is 7.11. The molecule has 2 aromatic rings. The van der Waals surface area contributed by atoms with Gasteiger partial charge in [0.15, 0.2) is 5.82 Å². The van der Waals surface area contributed by atoms with Gasteiger partial charge in [-0.25, -0.2) is 4.98 Å². The van der Waals surface area contributed by atoms with Gasteiger partial charge in [-0.05, 0) is 18.5 Å². The summed E-state index contributed by atoms with van der Waals surface area (Å²) in [6.45, 7) is 2.52. The average Bonchev–Trinajstić information content (AvgIpc) is 2.82. The molecule has 2 rings (SSSR count). The number of nitrogens with one attached hydrogen (secondary N) is 1. The number of carbonyl (C=O) groups excluding carboxylic acids is 1. The van der Waals surface area contributed by atoms with Crippen molar-refractivity contribution in [2.45, 2.75) is 13.5 Å². The summed E-state index contributed by atoms with van der Waals surface area (Å²) in [5.74, 6) is -0.397. The second-order valence-electron chi connectivity index (χ2n) is 3.35. The molecule has 0 aliphatic rings. The third kappa shape index (κ3) is 2.37. The molecule has 0 spiro atoms. The number of nitrogens with two attached hydrogens (primary N) is 2. The van der Waals surface area contributed by atoms with E-state index in [4.69, 9.17) is 11.5 Å². The van der Waals surface area contributed by atoms with Gasteiger partial charge >= 0.3 is 0 Å². The lowest BCUT2D eigenvalue weighted by molar-refractivity contribution is 0.100. The third-order valence-corrected chi connectivity index (χ3v) is 3.97. The zero-order chi connectivity index (χ0) is 12.4. The number of rotatable bonds is 4. The van der Waals surface area contributed by atoms with Gasteiger partial charge in [0.1, 0.15) is 10.6 Å². The molecule has 0 aliphatic heterocycles. The molecular weight excluding hydrogens is 258 g/mol. The molecule has 0 saturated heterocycles. The largest absolute Gasteiger partial charge is 0.382 e. The van der Waals surface area contributed by atoms with Crippen molar-refractivity contribution in [3.8, 4) is 0 Å². The summed E-state index contributed by atoms with van der Waals surface area (Å²) < 4.78 is 3.90. The molecule has 0 fully saturated rings. The van der Waals surface area contributed by atoms with Crippen LogP contribution in [0, 0.1) is 6.92 Å². The Morgan fingerprint density at radius 2 is 2.35 bits per heavy atom. The Bertz CT molecular complexity index is 547. The third-order valence-electron chi connectivity index (χ3n) is 2.22. The summed E-state index contributed by atoms with van der Waals surface area (Å²) >= 11 is 2.68. The summed E-state index contributed by atoms with van der Waals surface area (Å²) in [5.41, 5.74) is 13.8. The molecule has 8 heteroatoms. The van der Waals surface area contributed by atoms with Gasteiger partial charge in [0, 0.05) is 4.88 Å². The lowest BCUT2D eigenvalue weighted by Gasteiger charge is -2.03. The molecule has 0 aromatic carbocycles. The van der Waals surface area contributed by atoms with E-state index in [1.807, 2.05) is 6.92 Å². The summed E-state index contributed by atoms with van der Waals surface area (Å²) in [6.07, 6.45) is 0. The number of aromatic nitrogens is 2. The van der Waals surface area contributed by atoms with Crippen molar-refractivity contribution in [1.82, 2.24) is 9.36 Å². The van der Waals surface area contributed by atoms with Crippen LogP contribution in [-0.4, -0.2) is 15.3 Å². The fraction of sp³-hybridized carbons (Fsp3) is 0.222. The van der Waals surface area contributed by atoms with E-state index in [-0.39, 0.29) is 11.4 Å². The van der Waals surface area contributed by atoms with E-state index in [2.05, 4.69) is 14.7 Å². The van der Waals surface area contributed by atoms with Crippen LogP contribution in [0.1, 0.15) is 20.9 Å². The van der Waals surface area contributed by atoms with Crippen molar-refractivity contribution >= 4 is 39.6 Å². The molecule has 0 aliphatic carbocycles. The predicted molar refractivity (Wildman–Crippen MR) is 69.2 cm³/mol. The molecule has 0 saturated carbocycles. The number of aryl methyl sites for hydroxylation is 1. The maximum atomic E-state index is 11.2. The molecule has 6 nitrogen and oxygen atoms in total. The van der Waals surface area contributed by atoms with Crippen LogP contribution < -0.4 is 16.8 Å². The Morgan fingerprint density at radius 3 is 2.94 bits per heavy atom. The van der Waals surface area contributed by atoms with Gasteiger partial charge in [0.2, 0.25) is 0 Å². The van der Waals surface area contributed by atoms with E-state index in [9.17, 15) is 4.79 Å². The first-order chi connectivity index (χ1) is 8.09. The Hall–Kier alpha value is -1.67. The first kappa shape index (κ1) is 11.8.